The second kappa shape index (κ2) is 6.67. The molecule has 3 aromatic rings. The van der Waals surface area contributed by atoms with E-state index in [0.717, 1.165) is 22.5 Å². The third-order valence-electron chi connectivity index (χ3n) is 3.53. The number of azo groups is 1. The number of nitrogens with zero attached hydrogens (tertiary/aromatic N) is 3. The van der Waals surface area contributed by atoms with E-state index < -0.39 is 0 Å². The number of hydrogen-bond acceptors (Lipinski definition) is 3. The van der Waals surface area contributed by atoms with Crippen LogP contribution in [0.5, 0.6) is 0 Å². The quantitative estimate of drug-likeness (QED) is 0.551. The number of benzene rings is 3. The van der Waals surface area contributed by atoms with E-state index in [1.165, 1.54) is 5.56 Å². The molecule has 3 nitrogen and oxygen atoms in total. The Balaban J connectivity index is 1.76. The Kier molecular flexibility index (Phi) is 4.26. The van der Waals surface area contributed by atoms with Gasteiger partial charge in [0.25, 0.3) is 0 Å². The number of rotatable bonds is 3. The Labute approximate surface area is 135 Å². The Morgan fingerprint density at radius 3 is 1.57 bits per heavy atom. The van der Waals surface area contributed by atoms with Crippen LogP contribution in [0.3, 0.4) is 0 Å². The molecule has 23 heavy (non-hydrogen) atoms. The Morgan fingerprint density at radius 2 is 1.09 bits per heavy atom. The first-order valence-electron chi connectivity index (χ1n) is 7.33. The van der Waals surface area contributed by atoms with Gasteiger partial charge in [0.15, 0.2) is 0 Å². The standard InChI is InChI=1S/C20H15N3/c1-15-2-10-19(11-3-15)22-23-20-12-8-18(9-13-20)17-6-4-16(14-21)5-7-17/h2-13H,1H3. The molecule has 0 radical (unpaired) electrons. The maximum absolute atomic E-state index is 8.83. The van der Waals surface area contributed by atoms with Crippen molar-refractivity contribution in [1.29, 1.82) is 5.26 Å². The fourth-order valence-electron chi connectivity index (χ4n) is 2.18. The molecule has 0 amide bonds. The SMILES string of the molecule is Cc1ccc(N=Nc2ccc(-c3ccc(C#N)cc3)cc2)cc1. The van der Waals surface area contributed by atoms with Crippen LogP contribution in [0.1, 0.15) is 11.1 Å². The average Bonchev–Trinajstić information content (AvgIpc) is 2.62. The highest BCUT2D eigenvalue weighted by Crippen LogP contribution is 2.24. The zero-order chi connectivity index (χ0) is 16.1. The molecule has 0 spiro atoms. The summed E-state index contributed by atoms with van der Waals surface area (Å²) in [6, 6.07) is 25.5. The molecule has 0 atom stereocenters. The van der Waals surface area contributed by atoms with Crippen molar-refractivity contribution >= 4 is 11.4 Å². The van der Waals surface area contributed by atoms with Gasteiger partial charge in [-0.2, -0.15) is 15.5 Å². The summed E-state index contributed by atoms with van der Waals surface area (Å²) < 4.78 is 0. The van der Waals surface area contributed by atoms with Crippen LogP contribution in [0.25, 0.3) is 11.1 Å². The highest BCUT2D eigenvalue weighted by Gasteiger charge is 1.98. The molecular weight excluding hydrogens is 282 g/mol. The van der Waals surface area contributed by atoms with Crippen molar-refractivity contribution in [3.05, 3.63) is 83.9 Å². The summed E-state index contributed by atoms with van der Waals surface area (Å²) in [7, 11) is 0. The smallest absolute Gasteiger partial charge is 0.0991 e. The number of aryl methyl sites for hydroxylation is 1. The molecular formula is C20H15N3. The third kappa shape index (κ3) is 3.69. The predicted molar refractivity (Wildman–Crippen MR) is 91.9 cm³/mol. The normalized spacial score (nSPS) is 10.6. The molecule has 3 heteroatoms. The second-order valence-electron chi connectivity index (χ2n) is 5.27. The zero-order valence-corrected chi connectivity index (χ0v) is 12.8. The van der Waals surface area contributed by atoms with Gasteiger partial charge in [0.2, 0.25) is 0 Å². The average molecular weight is 297 g/mol. The minimum atomic E-state index is 0.664. The lowest BCUT2D eigenvalue weighted by atomic mass is 10.0. The first kappa shape index (κ1) is 14.7. The van der Waals surface area contributed by atoms with Crippen LogP contribution < -0.4 is 0 Å². The van der Waals surface area contributed by atoms with Gasteiger partial charge in [-0.1, -0.05) is 42.0 Å². The van der Waals surface area contributed by atoms with Gasteiger partial charge in [-0.25, -0.2) is 0 Å². The first-order valence-corrected chi connectivity index (χ1v) is 7.33. The lowest BCUT2D eigenvalue weighted by Crippen LogP contribution is -1.78. The topological polar surface area (TPSA) is 48.5 Å². The Hall–Kier alpha value is -3.25. The van der Waals surface area contributed by atoms with E-state index in [-0.39, 0.29) is 0 Å². The van der Waals surface area contributed by atoms with E-state index in [2.05, 4.69) is 16.3 Å². The molecule has 3 aromatic carbocycles. The van der Waals surface area contributed by atoms with Crippen LogP contribution in [0, 0.1) is 18.3 Å². The van der Waals surface area contributed by atoms with Crippen LogP contribution in [0.15, 0.2) is 83.0 Å². The van der Waals surface area contributed by atoms with E-state index in [1.54, 1.807) is 0 Å². The number of nitriles is 1. The lowest BCUT2D eigenvalue weighted by Gasteiger charge is -2.02. The molecule has 0 unspecified atom stereocenters. The lowest BCUT2D eigenvalue weighted by molar-refractivity contribution is 1.23. The Bertz CT molecular complexity index is 853. The van der Waals surface area contributed by atoms with Crippen LogP contribution in [-0.2, 0) is 0 Å². The van der Waals surface area contributed by atoms with Crippen LogP contribution in [0.2, 0.25) is 0 Å². The molecule has 0 fully saturated rings. The van der Waals surface area contributed by atoms with Gasteiger partial charge < -0.3 is 0 Å². The van der Waals surface area contributed by atoms with Crippen molar-refractivity contribution < 1.29 is 0 Å². The summed E-state index contributed by atoms with van der Waals surface area (Å²) >= 11 is 0. The summed E-state index contributed by atoms with van der Waals surface area (Å²) in [5.41, 5.74) is 5.68. The third-order valence-corrected chi connectivity index (χ3v) is 3.53. The summed E-state index contributed by atoms with van der Waals surface area (Å²) in [6.45, 7) is 2.04. The monoisotopic (exact) mass is 297 g/mol. The van der Waals surface area contributed by atoms with E-state index >= 15 is 0 Å². The summed E-state index contributed by atoms with van der Waals surface area (Å²) in [5, 5.41) is 17.3. The maximum atomic E-state index is 8.83. The maximum Gasteiger partial charge on any atom is 0.0991 e. The fourth-order valence-corrected chi connectivity index (χ4v) is 2.18. The molecule has 110 valence electrons. The first-order chi connectivity index (χ1) is 11.2. The highest BCUT2D eigenvalue weighted by molar-refractivity contribution is 5.66. The molecule has 3 rings (SSSR count). The molecule has 0 aliphatic rings. The van der Waals surface area contributed by atoms with Gasteiger partial charge in [-0.15, -0.1) is 0 Å². The molecule has 0 aromatic heterocycles. The second-order valence-corrected chi connectivity index (χ2v) is 5.27. The fraction of sp³-hybridized carbons (Fsp3) is 0.0500. The van der Waals surface area contributed by atoms with Crippen LogP contribution in [0.4, 0.5) is 11.4 Å². The molecule has 0 bridgehead atoms. The zero-order valence-electron chi connectivity index (χ0n) is 12.8. The van der Waals surface area contributed by atoms with Crippen molar-refractivity contribution in [3.63, 3.8) is 0 Å². The van der Waals surface area contributed by atoms with Crippen molar-refractivity contribution in [2.24, 2.45) is 10.2 Å². The number of hydrogen-bond donors (Lipinski definition) is 0. The minimum absolute atomic E-state index is 0.664. The van der Waals surface area contributed by atoms with Gasteiger partial charge in [-0.05, 0) is 54.4 Å². The van der Waals surface area contributed by atoms with Gasteiger partial charge in [0.05, 0.1) is 23.0 Å². The van der Waals surface area contributed by atoms with Crippen molar-refractivity contribution in [2.75, 3.05) is 0 Å². The summed E-state index contributed by atoms with van der Waals surface area (Å²) in [6.07, 6.45) is 0. The van der Waals surface area contributed by atoms with E-state index in [9.17, 15) is 0 Å². The molecule has 0 saturated carbocycles. The molecule has 0 aliphatic heterocycles. The largest absolute Gasteiger partial charge is 0.192 e. The molecule has 0 saturated heterocycles. The van der Waals surface area contributed by atoms with Gasteiger partial charge in [-0.3, -0.25) is 0 Å². The van der Waals surface area contributed by atoms with E-state index in [4.69, 9.17) is 5.26 Å². The molecule has 0 N–H and O–H groups in total. The molecule has 0 aliphatic carbocycles. The minimum Gasteiger partial charge on any atom is -0.192 e. The van der Waals surface area contributed by atoms with Crippen LogP contribution >= 0.6 is 0 Å². The van der Waals surface area contributed by atoms with Gasteiger partial charge in [0.1, 0.15) is 0 Å². The highest BCUT2D eigenvalue weighted by atomic mass is 15.1. The summed E-state index contributed by atoms with van der Waals surface area (Å²) in [5.74, 6) is 0. The van der Waals surface area contributed by atoms with E-state index in [0.29, 0.717) is 5.56 Å². The van der Waals surface area contributed by atoms with E-state index in [1.807, 2.05) is 79.7 Å². The van der Waals surface area contributed by atoms with Crippen molar-refractivity contribution in [1.82, 2.24) is 0 Å². The Morgan fingerprint density at radius 1 is 0.652 bits per heavy atom. The predicted octanol–water partition coefficient (Wildman–Crippen LogP) is 5.95. The van der Waals surface area contributed by atoms with Crippen molar-refractivity contribution in [2.45, 2.75) is 6.92 Å². The summed E-state index contributed by atoms with van der Waals surface area (Å²) in [4.78, 5) is 0. The van der Waals surface area contributed by atoms with Gasteiger partial charge >= 0.3 is 0 Å². The van der Waals surface area contributed by atoms with Crippen molar-refractivity contribution in [3.8, 4) is 17.2 Å². The van der Waals surface area contributed by atoms with Gasteiger partial charge in [0, 0.05) is 0 Å². The van der Waals surface area contributed by atoms with Crippen LogP contribution in [-0.4, -0.2) is 0 Å². The molecule has 0 heterocycles.